The number of hydrogen-bond donors (Lipinski definition) is 2. The fraction of sp³-hybridized carbons (Fsp3) is 0.278. The maximum absolute atomic E-state index is 12.1. The molecule has 130 valence electrons. The Hall–Kier alpha value is -1.41. The molecular weight excluding hydrogens is 433 g/mol. The van der Waals surface area contributed by atoms with E-state index in [0.29, 0.717) is 24.6 Å². The van der Waals surface area contributed by atoms with Gasteiger partial charge in [-0.25, -0.2) is 0 Å². The summed E-state index contributed by atoms with van der Waals surface area (Å²) in [4.78, 5) is 4.18. The zero-order chi connectivity index (χ0) is 16.3. The maximum atomic E-state index is 12.1. The van der Waals surface area contributed by atoms with Crippen LogP contribution >= 0.6 is 24.0 Å². The molecule has 0 saturated heterocycles. The van der Waals surface area contributed by atoms with Gasteiger partial charge in [0.2, 0.25) is 0 Å². The standard InChI is InChI=1S/C18H23N3OS.HI/c1-19-18(21-14-16-8-4-2-5-9-16)20-12-13-23(22)15-17-10-6-3-7-11-17;/h2-11H,12-15H2,1H3,(H2,19,20,21);1H. The zero-order valence-electron chi connectivity index (χ0n) is 13.8. The van der Waals surface area contributed by atoms with Crippen molar-refractivity contribution in [3.8, 4) is 0 Å². The highest BCUT2D eigenvalue weighted by Gasteiger charge is 2.03. The molecule has 0 radical (unpaired) electrons. The molecule has 4 nitrogen and oxygen atoms in total. The summed E-state index contributed by atoms with van der Waals surface area (Å²) in [5.74, 6) is 1.92. The number of hydrogen-bond acceptors (Lipinski definition) is 2. The van der Waals surface area contributed by atoms with Crippen molar-refractivity contribution in [3.05, 3.63) is 71.8 Å². The summed E-state index contributed by atoms with van der Waals surface area (Å²) < 4.78 is 12.1. The molecule has 0 aliphatic carbocycles. The highest BCUT2D eigenvalue weighted by molar-refractivity contribution is 14.0. The van der Waals surface area contributed by atoms with Crippen molar-refractivity contribution in [2.24, 2.45) is 4.99 Å². The van der Waals surface area contributed by atoms with E-state index in [4.69, 9.17) is 0 Å². The predicted octanol–water partition coefficient (Wildman–Crippen LogP) is 2.92. The van der Waals surface area contributed by atoms with E-state index in [-0.39, 0.29) is 24.0 Å². The maximum Gasteiger partial charge on any atom is 0.191 e. The second kappa shape index (κ2) is 12.0. The second-order valence-electron chi connectivity index (χ2n) is 5.11. The SMILES string of the molecule is CN=C(NCCS(=O)Cc1ccccc1)NCc1ccccc1.I. The van der Waals surface area contributed by atoms with E-state index in [1.165, 1.54) is 5.56 Å². The minimum atomic E-state index is -0.875. The van der Waals surface area contributed by atoms with Gasteiger partial charge in [-0.3, -0.25) is 9.20 Å². The fourth-order valence-corrected chi connectivity index (χ4v) is 3.16. The molecule has 0 heterocycles. The van der Waals surface area contributed by atoms with Crippen molar-refractivity contribution in [2.75, 3.05) is 19.3 Å². The first-order valence-corrected chi connectivity index (χ1v) is 9.14. The molecule has 1 atom stereocenters. The molecule has 0 fully saturated rings. The lowest BCUT2D eigenvalue weighted by Crippen LogP contribution is -2.38. The number of nitrogens with one attached hydrogen (secondary N) is 2. The van der Waals surface area contributed by atoms with Crippen LogP contribution in [0.25, 0.3) is 0 Å². The number of rotatable bonds is 7. The average Bonchev–Trinajstić information content (AvgIpc) is 2.59. The van der Waals surface area contributed by atoms with E-state index in [1.807, 2.05) is 48.5 Å². The summed E-state index contributed by atoms with van der Waals surface area (Å²) in [5, 5.41) is 6.45. The van der Waals surface area contributed by atoms with E-state index in [1.54, 1.807) is 7.05 Å². The first kappa shape index (κ1) is 20.6. The first-order valence-electron chi connectivity index (χ1n) is 7.65. The highest BCUT2D eigenvalue weighted by Crippen LogP contribution is 2.02. The third kappa shape index (κ3) is 7.92. The summed E-state index contributed by atoms with van der Waals surface area (Å²) in [6.45, 7) is 1.35. The Morgan fingerprint density at radius 2 is 1.54 bits per heavy atom. The van der Waals surface area contributed by atoms with Gasteiger partial charge >= 0.3 is 0 Å². The van der Waals surface area contributed by atoms with Gasteiger partial charge in [-0.1, -0.05) is 60.7 Å². The molecule has 2 N–H and O–H groups in total. The van der Waals surface area contributed by atoms with Gasteiger partial charge < -0.3 is 10.6 Å². The van der Waals surface area contributed by atoms with Crippen molar-refractivity contribution in [1.29, 1.82) is 0 Å². The largest absolute Gasteiger partial charge is 0.355 e. The van der Waals surface area contributed by atoms with Crippen LogP contribution in [0, 0.1) is 0 Å². The summed E-state index contributed by atoms with van der Waals surface area (Å²) in [7, 11) is 0.863. The van der Waals surface area contributed by atoms with Gasteiger partial charge in [-0.15, -0.1) is 24.0 Å². The average molecular weight is 457 g/mol. The van der Waals surface area contributed by atoms with E-state index < -0.39 is 10.8 Å². The molecule has 1 unspecified atom stereocenters. The number of guanidine groups is 1. The van der Waals surface area contributed by atoms with E-state index in [0.717, 1.165) is 11.5 Å². The van der Waals surface area contributed by atoms with Gasteiger partial charge in [0.15, 0.2) is 5.96 Å². The Morgan fingerprint density at radius 1 is 0.958 bits per heavy atom. The molecule has 0 aromatic heterocycles. The van der Waals surface area contributed by atoms with Crippen LogP contribution in [0.5, 0.6) is 0 Å². The molecule has 2 rings (SSSR count). The monoisotopic (exact) mass is 457 g/mol. The van der Waals surface area contributed by atoms with Gasteiger partial charge in [0.1, 0.15) is 0 Å². The Balaban J connectivity index is 0.00000288. The number of nitrogens with zero attached hydrogens (tertiary/aromatic N) is 1. The van der Waals surface area contributed by atoms with Crippen LogP contribution in [-0.2, 0) is 23.1 Å². The van der Waals surface area contributed by atoms with Gasteiger partial charge in [0.05, 0.1) is 0 Å². The van der Waals surface area contributed by atoms with Gasteiger partial charge in [0, 0.05) is 42.4 Å². The van der Waals surface area contributed by atoms with Crippen LogP contribution in [0.15, 0.2) is 65.7 Å². The van der Waals surface area contributed by atoms with Crippen LogP contribution in [0.4, 0.5) is 0 Å². The molecule has 0 amide bonds. The third-order valence-electron chi connectivity index (χ3n) is 3.32. The van der Waals surface area contributed by atoms with Crippen molar-refractivity contribution in [2.45, 2.75) is 12.3 Å². The summed E-state index contributed by atoms with van der Waals surface area (Å²) in [6, 6.07) is 20.1. The lowest BCUT2D eigenvalue weighted by Gasteiger charge is -2.11. The number of halogens is 1. The molecule has 2 aromatic carbocycles. The zero-order valence-corrected chi connectivity index (χ0v) is 16.9. The Kier molecular flexibility index (Phi) is 10.3. The minimum Gasteiger partial charge on any atom is -0.355 e. The number of aliphatic imine (C=N–C) groups is 1. The molecule has 24 heavy (non-hydrogen) atoms. The van der Waals surface area contributed by atoms with Crippen LogP contribution in [0.3, 0.4) is 0 Å². The van der Waals surface area contributed by atoms with Gasteiger partial charge in [-0.2, -0.15) is 0 Å². The predicted molar refractivity (Wildman–Crippen MR) is 113 cm³/mol. The van der Waals surface area contributed by atoms with Crippen LogP contribution in [0.2, 0.25) is 0 Å². The summed E-state index contributed by atoms with van der Waals surface area (Å²) in [5.41, 5.74) is 2.31. The normalized spacial score (nSPS) is 12.1. The molecule has 2 aromatic rings. The van der Waals surface area contributed by atoms with E-state index in [9.17, 15) is 4.21 Å². The van der Waals surface area contributed by atoms with Crippen molar-refractivity contribution >= 4 is 40.7 Å². The molecule has 0 aliphatic heterocycles. The number of benzene rings is 2. The van der Waals surface area contributed by atoms with E-state index >= 15 is 0 Å². The van der Waals surface area contributed by atoms with Crippen LogP contribution in [0.1, 0.15) is 11.1 Å². The lowest BCUT2D eigenvalue weighted by atomic mass is 10.2. The summed E-state index contributed by atoms with van der Waals surface area (Å²) in [6.07, 6.45) is 0. The minimum absolute atomic E-state index is 0. The smallest absolute Gasteiger partial charge is 0.191 e. The molecule has 6 heteroatoms. The van der Waals surface area contributed by atoms with E-state index in [2.05, 4.69) is 27.8 Å². The first-order chi connectivity index (χ1) is 11.3. The molecule has 0 saturated carbocycles. The highest BCUT2D eigenvalue weighted by atomic mass is 127. The Labute approximate surface area is 163 Å². The van der Waals surface area contributed by atoms with Crippen LogP contribution in [-0.4, -0.2) is 29.5 Å². The van der Waals surface area contributed by atoms with Crippen molar-refractivity contribution in [1.82, 2.24) is 10.6 Å². The quantitative estimate of drug-likeness (QED) is 0.382. The fourth-order valence-electron chi connectivity index (χ4n) is 2.12. The third-order valence-corrected chi connectivity index (χ3v) is 4.63. The van der Waals surface area contributed by atoms with Gasteiger partial charge in [-0.05, 0) is 11.1 Å². The van der Waals surface area contributed by atoms with Crippen LogP contribution < -0.4 is 10.6 Å². The Morgan fingerprint density at radius 3 is 2.12 bits per heavy atom. The van der Waals surface area contributed by atoms with Crippen molar-refractivity contribution in [3.63, 3.8) is 0 Å². The van der Waals surface area contributed by atoms with Crippen molar-refractivity contribution < 1.29 is 4.21 Å². The molecule has 0 aliphatic rings. The van der Waals surface area contributed by atoms with Gasteiger partial charge in [0.25, 0.3) is 0 Å². The molecule has 0 bridgehead atoms. The summed E-state index contributed by atoms with van der Waals surface area (Å²) >= 11 is 0. The topological polar surface area (TPSA) is 53.5 Å². The second-order valence-corrected chi connectivity index (χ2v) is 6.69. The lowest BCUT2D eigenvalue weighted by molar-refractivity contribution is 0.680. The molecule has 0 spiro atoms. The Bertz CT molecular complexity index is 635. The molecular formula is C18H24IN3OS.